The van der Waals surface area contributed by atoms with Crippen LogP contribution in [0, 0.1) is 0 Å². The van der Waals surface area contributed by atoms with Crippen LogP contribution in [0.25, 0.3) is 22.3 Å². The molecule has 0 spiro atoms. The van der Waals surface area contributed by atoms with Crippen LogP contribution >= 0.6 is 0 Å². The van der Waals surface area contributed by atoms with Crippen LogP contribution in [0.5, 0.6) is 11.5 Å². The molecular weight excluding hydrogens is 490 g/mol. The molecule has 1 aromatic heterocycles. The van der Waals surface area contributed by atoms with Gasteiger partial charge < -0.3 is 8.92 Å². The number of benzene rings is 4. The number of nitrogens with zero attached hydrogens (tertiary/aromatic N) is 3. The number of fused-ring (bicyclic) bond motifs is 1. The Morgan fingerprint density at radius 1 is 0.811 bits per heavy atom. The number of aromatic nitrogens is 2. The zero-order valence-corrected chi connectivity index (χ0v) is 20.5. The highest BCUT2D eigenvalue weighted by molar-refractivity contribution is 7.87. The lowest BCUT2D eigenvalue weighted by Crippen LogP contribution is -2.20. The fourth-order valence-electron chi connectivity index (χ4n) is 3.65. The van der Waals surface area contributed by atoms with Gasteiger partial charge in [0.05, 0.1) is 24.2 Å². The first-order valence-corrected chi connectivity index (χ1v) is 12.7. The second-order valence-electron chi connectivity index (χ2n) is 7.96. The number of methoxy groups -OCH3 is 1. The average molecular weight is 512 g/mol. The molecule has 0 radical (unpaired) electrons. The zero-order chi connectivity index (χ0) is 25.8. The topological polar surface area (TPSA) is 99.8 Å². The maximum atomic E-state index is 13.3. The van der Waals surface area contributed by atoms with Crippen LogP contribution in [0.3, 0.4) is 0 Å². The summed E-state index contributed by atoms with van der Waals surface area (Å²) in [5.41, 5.74) is 1.50. The van der Waals surface area contributed by atoms with Crippen molar-refractivity contribution in [3.05, 3.63) is 119 Å². The van der Waals surface area contributed by atoms with Gasteiger partial charge in [0, 0.05) is 5.56 Å². The van der Waals surface area contributed by atoms with Crippen molar-refractivity contribution in [1.29, 1.82) is 0 Å². The van der Waals surface area contributed by atoms with Crippen molar-refractivity contribution in [2.45, 2.75) is 4.90 Å². The van der Waals surface area contributed by atoms with Crippen molar-refractivity contribution in [1.82, 2.24) is 9.66 Å². The van der Waals surface area contributed by atoms with Crippen molar-refractivity contribution >= 4 is 27.2 Å². The highest BCUT2D eigenvalue weighted by atomic mass is 32.2. The van der Waals surface area contributed by atoms with Crippen LogP contribution in [0.2, 0.25) is 0 Å². The van der Waals surface area contributed by atoms with Crippen LogP contribution in [0.4, 0.5) is 0 Å². The molecule has 5 aromatic rings. The van der Waals surface area contributed by atoms with Crippen LogP contribution < -0.4 is 14.5 Å². The molecule has 0 saturated carbocycles. The molecule has 0 N–H and O–H groups in total. The third kappa shape index (κ3) is 5.12. The fraction of sp³-hybridized carbons (Fsp3) is 0.0357. The SMILES string of the molecule is COc1ccc(/C=N/n2c(-c3ccc(OS(=O)(=O)c4ccccc4)cc3)nc3ccccc3c2=O)cc1. The average Bonchev–Trinajstić information content (AvgIpc) is 2.93. The predicted octanol–water partition coefficient (Wildman–Crippen LogP) is 4.72. The van der Waals surface area contributed by atoms with Gasteiger partial charge in [-0.25, -0.2) is 4.98 Å². The molecule has 1 heterocycles. The van der Waals surface area contributed by atoms with E-state index in [1.807, 2.05) is 12.1 Å². The van der Waals surface area contributed by atoms with Crippen molar-refractivity contribution in [3.8, 4) is 22.9 Å². The number of hydrogen-bond acceptors (Lipinski definition) is 7. The van der Waals surface area contributed by atoms with E-state index in [-0.39, 0.29) is 16.2 Å². The Bertz CT molecular complexity index is 1750. The largest absolute Gasteiger partial charge is 0.497 e. The Balaban J connectivity index is 1.53. The van der Waals surface area contributed by atoms with Gasteiger partial charge in [-0.2, -0.15) is 18.2 Å². The number of hydrogen-bond donors (Lipinski definition) is 0. The summed E-state index contributed by atoms with van der Waals surface area (Å²) >= 11 is 0. The highest BCUT2D eigenvalue weighted by Gasteiger charge is 2.17. The fourth-order valence-corrected chi connectivity index (χ4v) is 4.60. The summed E-state index contributed by atoms with van der Waals surface area (Å²) in [6, 6.07) is 28.4. The van der Waals surface area contributed by atoms with Gasteiger partial charge in [-0.15, -0.1) is 0 Å². The first-order chi connectivity index (χ1) is 17.9. The molecular formula is C28H21N3O5S. The van der Waals surface area contributed by atoms with Gasteiger partial charge in [0.15, 0.2) is 5.82 Å². The molecule has 9 heteroatoms. The van der Waals surface area contributed by atoms with Crippen LogP contribution in [-0.4, -0.2) is 31.4 Å². The Morgan fingerprint density at radius 3 is 2.16 bits per heavy atom. The smallest absolute Gasteiger partial charge is 0.339 e. The Kier molecular flexibility index (Phi) is 6.53. The molecule has 4 aromatic carbocycles. The van der Waals surface area contributed by atoms with E-state index >= 15 is 0 Å². The summed E-state index contributed by atoms with van der Waals surface area (Å²) in [5, 5.41) is 4.85. The molecule has 0 saturated heterocycles. The van der Waals surface area contributed by atoms with Crippen molar-refractivity contribution in [2.75, 3.05) is 7.11 Å². The standard InChI is InChI=1S/C28H21N3O5S/c1-35-22-15-11-20(12-16-22)19-29-31-27(30-26-10-6-5-9-25(26)28(31)32)21-13-17-23(18-14-21)36-37(33,34)24-7-3-2-4-8-24/h2-19H,1H3/b29-19+. The molecule has 0 aliphatic heterocycles. The van der Waals surface area contributed by atoms with Gasteiger partial charge in [0.1, 0.15) is 16.4 Å². The van der Waals surface area contributed by atoms with E-state index in [9.17, 15) is 13.2 Å². The summed E-state index contributed by atoms with van der Waals surface area (Å²) in [7, 11) is -2.40. The Labute approximate surface area is 213 Å². The van der Waals surface area contributed by atoms with E-state index in [0.717, 1.165) is 5.56 Å². The molecule has 0 aliphatic rings. The summed E-state index contributed by atoms with van der Waals surface area (Å²) in [6.07, 6.45) is 1.56. The van der Waals surface area contributed by atoms with Gasteiger partial charge in [-0.3, -0.25) is 4.79 Å². The summed E-state index contributed by atoms with van der Waals surface area (Å²) < 4.78 is 36.8. The zero-order valence-electron chi connectivity index (χ0n) is 19.7. The van der Waals surface area contributed by atoms with Gasteiger partial charge in [-0.1, -0.05) is 30.3 Å². The van der Waals surface area contributed by atoms with Gasteiger partial charge in [0.2, 0.25) is 0 Å². The molecule has 8 nitrogen and oxygen atoms in total. The van der Waals surface area contributed by atoms with E-state index in [1.54, 1.807) is 80.1 Å². The maximum Gasteiger partial charge on any atom is 0.339 e. The van der Waals surface area contributed by atoms with E-state index in [0.29, 0.717) is 28.0 Å². The number of para-hydroxylation sites is 1. The Morgan fingerprint density at radius 2 is 1.46 bits per heavy atom. The summed E-state index contributed by atoms with van der Waals surface area (Å²) in [6.45, 7) is 0. The van der Waals surface area contributed by atoms with Crippen molar-refractivity contribution in [2.24, 2.45) is 5.10 Å². The number of rotatable bonds is 7. The molecule has 37 heavy (non-hydrogen) atoms. The van der Waals surface area contributed by atoms with Crippen molar-refractivity contribution < 1.29 is 17.3 Å². The third-order valence-electron chi connectivity index (χ3n) is 5.54. The first-order valence-electron chi connectivity index (χ1n) is 11.2. The van der Waals surface area contributed by atoms with E-state index in [1.165, 1.54) is 28.9 Å². The summed E-state index contributed by atoms with van der Waals surface area (Å²) in [4.78, 5) is 18.1. The van der Waals surface area contributed by atoms with Gasteiger partial charge >= 0.3 is 10.1 Å². The van der Waals surface area contributed by atoms with E-state index in [4.69, 9.17) is 8.92 Å². The molecule has 0 unspecified atom stereocenters. The lowest BCUT2D eigenvalue weighted by Gasteiger charge is -2.11. The second kappa shape index (κ2) is 10.1. The van der Waals surface area contributed by atoms with E-state index < -0.39 is 10.1 Å². The second-order valence-corrected chi connectivity index (χ2v) is 9.51. The van der Waals surface area contributed by atoms with Gasteiger partial charge in [0.25, 0.3) is 5.56 Å². The van der Waals surface area contributed by atoms with Gasteiger partial charge in [-0.05, 0) is 78.4 Å². The maximum absolute atomic E-state index is 13.3. The monoisotopic (exact) mass is 511 g/mol. The van der Waals surface area contributed by atoms with Crippen LogP contribution in [0.15, 0.2) is 118 Å². The third-order valence-corrected chi connectivity index (χ3v) is 6.80. The molecule has 0 amide bonds. The normalized spacial score (nSPS) is 11.6. The molecule has 184 valence electrons. The molecule has 5 rings (SSSR count). The minimum atomic E-state index is -3.98. The Hall–Kier alpha value is -4.76. The molecule has 0 atom stereocenters. The van der Waals surface area contributed by atoms with Crippen LogP contribution in [0.1, 0.15) is 5.56 Å². The predicted molar refractivity (Wildman–Crippen MR) is 142 cm³/mol. The summed E-state index contributed by atoms with van der Waals surface area (Å²) in [5.74, 6) is 1.13. The molecule has 0 bridgehead atoms. The lowest BCUT2D eigenvalue weighted by molar-refractivity contribution is 0.415. The van der Waals surface area contributed by atoms with Crippen LogP contribution in [-0.2, 0) is 10.1 Å². The highest BCUT2D eigenvalue weighted by Crippen LogP contribution is 2.24. The molecule has 0 aliphatic carbocycles. The number of ether oxygens (including phenoxy) is 1. The molecule has 0 fully saturated rings. The minimum Gasteiger partial charge on any atom is -0.497 e. The van der Waals surface area contributed by atoms with Crippen molar-refractivity contribution in [3.63, 3.8) is 0 Å². The van der Waals surface area contributed by atoms with E-state index in [2.05, 4.69) is 10.1 Å². The lowest BCUT2D eigenvalue weighted by atomic mass is 10.2. The minimum absolute atomic E-state index is 0.0528. The first kappa shape index (κ1) is 24.0. The quantitative estimate of drug-likeness (QED) is 0.232.